The Hall–Kier alpha value is -1.44. The van der Waals surface area contributed by atoms with E-state index in [9.17, 15) is 26.3 Å². The molecule has 2 nitrogen and oxygen atoms in total. The van der Waals surface area contributed by atoms with Crippen LogP contribution in [0.1, 0.15) is 24.9 Å². The van der Waals surface area contributed by atoms with E-state index in [2.05, 4.69) is 4.74 Å². The van der Waals surface area contributed by atoms with Crippen LogP contribution in [0.2, 0.25) is 0 Å². The molecule has 114 valence electrons. The van der Waals surface area contributed by atoms with Crippen molar-refractivity contribution in [1.82, 2.24) is 0 Å². The smallest absolute Gasteiger partial charge is 0.434 e. The molecular formula is C12H13F6NO. The third-order valence-corrected chi connectivity index (χ3v) is 2.60. The van der Waals surface area contributed by atoms with E-state index in [0.717, 1.165) is 6.07 Å². The van der Waals surface area contributed by atoms with E-state index < -0.39 is 30.2 Å². The first-order valence-corrected chi connectivity index (χ1v) is 5.72. The second kappa shape index (κ2) is 5.90. The molecule has 1 aromatic rings. The van der Waals surface area contributed by atoms with Gasteiger partial charge in [0.1, 0.15) is 5.75 Å². The number of benzene rings is 1. The fourth-order valence-electron chi connectivity index (χ4n) is 1.56. The minimum Gasteiger partial charge on any atom is -0.471 e. The van der Waals surface area contributed by atoms with Crippen LogP contribution in [0.3, 0.4) is 0 Å². The number of para-hydroxylation sites is 1. The van der Waals surface area contributed by atoms with E-state index in [1.165, 1.54) is 18.2 Å². The largest absolute Gasteiger partial charge is 0.471 e. The van der Waals surface area contributed by atoms with Crippen molar-refractivity contribution in [3.8, 4) is 5.75 Å². The number of hydrogen-bond donors (Lipinski definition) is 1. The number of alkyl halides is 6. The summed E-state index contributed by atoms with van der Waals surface area (Å²) in [5.41, 5.74) is 5.75. The van der Waals surface area contributed by atoms with E-state index in [0.29, 0.717) is 6.42 Å². The Bertz CT molecular complexity index is 428. The highest BCUT2D eigenvalue weighted by Gasteiger charge is 2.59. The van der Waals surface area contributed by atoms with E-state index in [4.69, 9.17) is 5.73 Å². The Kier molecular flexibility index (Phi) is 4.90. The Labute approximate surface area is 111 Å². The Morgan fingerprint density at radius 2 is 1.55 bits per heavy atom. The third kappa shape index (κ3) is 4.03. The molecule has 2 N–H and O–H groups in total. The SMILES string of the molecule is CC[C@@H](N)c1ccccc1OC(C(F)(F)F)C(F)(F)F. The third-order valence-electron chi connectivity index (χ3n) is 2.60. The molecule has 0 aliphatic heterocycles. The van der Waals surface area contributed by atoms with Crippen LogP contribution in [0.15, 0.2) is 24.3 Å². The van der Waals surface area contributed by atoms with Crippen LogP contribution in [-0.4, -0.2) is 18.5 Å². The van der Waals surface area contributed by atoms with Gasteiger partial charge in [-0.05, 0) is 12.5 Å². The van der Waals surface area contributed by atoms with Gasteiger partial charge in [-0.1, -0.05) is 25.1 Å². The molecule has 0 fully saturated rings. The predicted molar refractivity (Wildman–Crippen MR) is 60.2 cm³/mol. The maximum Gasteiger partial charge on any atom is 0.434 e. The molecule has 20 heavy (non-hydrogen) atoms. The lowest BCUT2D eigenvalue weighted by molar-refractivity contribution is -0.300. The fraction of sp³-hybridized carbons (Fsp3) is 0.500. The maximum absolute atomic E-state index is 12.4. The Balaban J connectivity index is 3.13. The van der Waals surface area contributed by atoms with Crippen molar-refractivity contribution in [3.63, 3.8) is 0 Å². The van der Waals surface area contributed by atoms with Gasteiger partial charge in [0.2, 0.25) is 0 Å². The summed E-state index contributed by atoms with van der Waals surface area (Å²) in [7, 11) is 0. The van der Waals surface area contributed by atoms with Gasteiger partial charge in [-0.25, -0.2) is 0 Å². The van der Waals surface area contributed by atoms with Crippen LogP contribution in [0, 0.1) is 0 Å². The van der Waals surface area contributed by atoms with Crippen molar-refractivity contribution in [2.24, 2.45) is 5.73 Å². The standard InChI is InChI=1S/C12H13F6NO/c1-2-8(19)7-5-3-4-6-9(7)20-10(11(13,14)15)12(16,17)18/h3-6,8,10H,2,19H2,1H3/t8-/m1/s1. The monoisotopic (exact) mass is 301 g/mol. The van der Waals surface area contributed by atoms with Crippen LogP contribution in [-0.2, 0) is 0 Å². The highest BCUT2D eigenvalue weighted by atomic mass is 19.4. The summed E-state index contributed by atoms with van der Waals surface area (Å²) >= 11 is 0. The van der Waals surface area contributed by atoms with Crippen molar-refractivity contribution in [2.75, 3.05) is 0 Å². The number of ether oxygens (including phenoxy) is 1. The molecule has 0 aliphatic carbocycles. The molecule has 0 unspecified atom stereocenters. The zero-order chi connectivity index (χ0) is 15.6. The number of rotatable bonds is 4. The molecule has 0 aromatic heterocycles. The van der Waals surface area contributed by atoms with Gasteiger partial charge >= 0.3 is 12.4 Å². The zero-order valence-electron chi connectivity index (χ0n) is 10.4. The summed E-state index contributed by atoms with van der Waals surface area (Å²) in [6, 6.07) is 4.43. The summed E-state index contributed by atoms with van der Waals surface area (Å²) in [5, 5.41) is 0. The van der Waals surface area contributed by atoms with Crippen molar-refractivity contribution >= 4 is 0 Å². The molecular weight excluding hydrogens is 288 g/mol. The molecule has 1 rings (SSSR count). The van der Waals surface area contributed by atoms with E-state index in [1.807, 2.05) is 0 Å². The van der Waals surface area contributed by atoms with Gasteiger partial charge in [-0.2, -0.15) is 26.3 Å². The lowest BCUT2D eigenvalue weighted by atomic mass is 10.0. The van der Waals surface area contributed by atoms with Gasteiger partial charge in [-0.3, -0.25) is 0 Å². The molecule has 0 spiro atoms. The quantitative estimate of drug-likeness (QED) is 0.854. The molecule has 8 heteroatoms. The van der Waals surface area contributed by atoms with Gasteiger partial charge in [0.25, 0.3) is 6.10 Å². The average molecular weight is 301 g/mol. The zero-order valence-corrected chi connectivity index (χ0v) is 10.4. The lowest BCUT2D eigenvalue weighted by Gasteiger charge is -2.25. The van der Waals surface area contributed by atoms with Crippen LogP contribution in [0.25, 0.3) is 0 Å². The van der Waals surface area contributed by atoms with Gasteiger partial charge in [0, 0.05) is 11.6 Å². The second-order valence-electron chi connectivity index (χ2n) is 4.13. The Morgan fingerprint density at radius 1 is 1.05 bits per heavy atom. The van der Waals surface area contributed by atoms with E-state index in [-0.39, 0.29) is 5.56 Å². The first-order valence-electron chi connectivity index (χ1n) is 5.72. The first-order chi connectivity index (χ1) is 9.07. The summed E-state index contributed by atoms with van der Waals surface area (Å²) in [6.45, 7) is 1.66. The first kappa shape index (κ1) is 16.6. The van der Waals surface area contributed by atoms with Gasteiger partial charge < -0.3 is 10.5 Å². The van der Waals surface area contributed by atoms with Gasteiger partial charge in [0.15, 0.2) is 0 Å². The van der Waals surface area contributed by atoms with Crippen molar-refractivity contribution in [2.45, 2.75) is 37.8 Å². The summed E-state index contributed by atoms with van der Waals surface area (Å²) in [5.74, 6) is -0.512. The predicted octanol–water partition coefficient (Wildman–Crippen LogP) is 3.97. The minimum atomic E-state index is -5.55. The molecule has 0 aliphatic rings. The van der Waals surface area contributed by atoms with Crippen LogP contribution >= 0.6 is 0 Å². The number of hydrogen-bond acceptors (Lipinski definition) is 2. The van der Waals surface area contributed by atoms with Gasteiger partial charge in [-0.15, -0.1) is 0 Å². The van der Waals surface area contributed by atoms with Crippen LogP contribution in [0.4, 0.5) is 26.3 Å². The van der Waals surface area contributed by atoms with Crippen LogP contribution in [0.5, 0.6) is 5.75 Å². The summed E-state index contributed by atoms with van der Waals surface area (Å²) < 4.78 is 78.8. The normalized spacial score (nSPS) is 14.4. The van der Waals surface area contributed by atoms with Crippen LogP contribution < -0.4 is 10.5 Å². The number of halogens is 6. The summed E-state index contributed by atoms with van der Waals surface area (Å²) in [6.07, 6.45) is -14.6. The molecule has 1 aromatic carbocycles. The maximum atomic E-state index is 12.4. The van der Waals surface area contributed by atoms with Crippen molar-refractivity contribution < 1.29 is 31.1 Å². The fourth-order valence-corrected chi connectivity index (χ4v) is 1.56. The molecule has 0 amide bonds. The highest BCUT2D eigenvalue weighted by molar-refractivity contribution is 5.36. The molecule has 0 heterocycles. The molecule has 1 atom stereocenters. The molecule has 0 bridgehead atoms. The minimum absolute atomic E-state index is 0.105. The van der Waals surface area contributed by atoms with Gasteiger partial charge in [0.05, 0.1) is 0 Å². The molecule has 0 saturated heterocycles. The highest BCUT2D eigenvalue weighted by Crippen LogP contribution is 2.38. The summed E-state index contributed by atoms with van der Waals surface area (Å²) in [4.78, 5) is 0. The van der Waals surface area contributed by atoms with Crippen molar-refractivity contribution in [1.29, 1.82) is 0 Å². The molecule has 0 radical (unpaired) electrons. The second-order valence-corrected chi connectivity index (χ2v) is 4.13. The topological polar surface area (TPSA) is 35.2 Å². The Morgan fingerprint density at radius 3 is 2.00 bits per heavy atom. The lowest BCUT2D eigenvalue weighted by Crippen LogP contribution is -2.46. The van der Waals surface area contributed by atoms with E-state index >= 15 is 0 Å². The van der Waals surface area contributed by atoms with E-state index in [1.54, 1.807) is 6.92 Å². The van der Waals surface area contributed by atoms with Crippen molar-refractivity contribution in [3.05, 3.63) is 29.8 Å². The number of nitrogens with two attached hydrogens (primary N) is 1. The average Bonchev–Trinajstić information content (AvgIpc) is 2.32. The molecule has 0 saturated carbocycles.